The number of hydrogen-bond donors (Lipinski definition) is 1. The van der Waals surface area contributed by atoms with E-state index in [-0.39, 0.29) is 6.54 Å². The number of rotatable bonds is 9. The first-order valence-corrected chi connectivity index (χ1v) is 17.7. The van der Waals surface area contributed by atoms with Crippen LogP contribution in [0.1, 0.15) is 50.6 Å². The topological polar surface area (TPSA) is 84.3 Å². The Morgan fingerprint density at radius 3 is 2.13 bits per heavy atom. The van der Waals surface area contributed by atoms with E-state index in [1.165, 1.54) is 24.0 Å². The van der Waals surface area contributed by atoms with Gasteiger partial charge in [0, 0.05) is 28.9 Å². The molecule has 6 rings (SSSR count). The zero-order valence-corrected chi connectivity index (χ0v) is 28.8. The summed E-state index contributed by atoms with van der Waals surface area (Å²) in [5.74, 6) is 0.155. The van der Waals surface area contributed by atoms with E-state index < -0.39 is 16.1 Å². The molecule has 0 spiro atoms. The minimum absolute atomic E-state index is 0.277. The van der Waals surface area contributed by atoms with Crippen LogP contribution >= 0.6 is 23.2 Å². The Balaban J connectivity index is 1.28. The summed E-state index contributed by atoms with van der Waals surface area (Å²) >= 11 is 12.7. The zero-order chi connectivity index (χ0) is 33.3. The maximum absolute atomic E-state index is 12.6. The fourth-order valence-electron chi connectivity index (χ4n) is 5.75. The van der Waals surface area contributed by atoms with Crippen LogP contribution in [-0.4, -0.2) is 30.4 Å². The maximum Gasteiger partial charge on any atom is 0.326 e. The zero-order valence-electron chi connectivity index (χ0n) is 26.5. The second kappa shape index (κ2) is 13.2. The van der Waals surface area contributed by atoms with Crippen LogP contribution in [0.3, 0.4) is 0 Å². The molecule has 7 nitrogen and oxygen atoms in total. The molecule has 10 heteroatoms. The van der Waals surface area contributed by atoms with Gasteiger partial charge in [-0.05, 0) is 83.3 Å². The summed E-state index contributed by atoms with van der Waals surface area (Å²) in [6, 6.07) is 29.6. The fraction of sp³-hybridized carbons (Fsp3) is 0.243. The van der Waals surface area contributed by atoms with Gasteiger partial charge in [-0.25, -0.2) is 14.0 Å². The summed E-state index contributed by atoms with van der Waals surface area (Å²) in [7, 11) is -3.95. The molecule has 1 fully saturated rings. The van der Waals surface area contributed by atoms with Crippen molar-refractivity contribution in [2.75, 3.05) is 10.8 Å². The van der Waals surface area contributed by atoms with E-state index in [4.69, 9.17) is 28.2 Å². The van der Waals surface area contributed by atoms with E-state index in [0.717, 1.165) is 33.2 Å². The molecule has 0 atom stereocenters. The van der Waals surface area contributed by atoms with Crippen LogP contribution in [0.5, 0.6) is 0 Å². The number of nitrogens with one attached hydrogen (secondary N) is 1. The first-order valence-electron chi connectivity index (χ1n) is 15.5. The molecule has 1 aromatic heterocycles. The second-order valence-electron chi connectivity index (χ2n) is 13.1. The number of carbonyl (C=O) groups is 1. The van der Waals surface area contributed by atoms with Crippen molar-refractivity contribution < 1.29 is 13.2 Å². The fourth-order valence-corrected chi connectivity index (χ4v) is 7.40. The lowest BCUT2D eigenvalue weighted by Gasteiger charge is -2.17. The standard InChI is InChI=1S/C37H36Cl2N4O3S/c1-37(2,3)19-5-6-25-9-13-27(14-10-25)28-15-11-26(12-16-28)20-35-40-34(32-18-17-29(38)21-33(32)39)23-42(35)30-7-4-8-31(22-30)43-24-36(44)41-47(43,45)46/h4,7-18,21-23H,5-6,19-20,24H2,1-3H3,(H,41,44). The van der Waals surface area contributed by atoms with Crippen LogP contribution in [0, 0.1) is 5.41 Å². The molecule has 0 bridgehead atoms. The van der Waals surface area contributed by atoms with E-state index in [1.807, 2.05) is 27.6 Å². The summed E-state index contributed by atoms with van der Waals surface area (Å²) in [5, 5.41) is 0.996. The third kappa shape index (κ3) is 7.73. The monoisotopic (exact) mass is 686 g/mol. The van der Waals surface area contributed by atoms with Crippen molar-refractivity contribution in [3.8, 4) is 28.1 Å². The number of carbonyl (C=O) groups excluding carboxylic acids is 1. The Morgan fingerprint density at radius 1 is 0.851 bits per heavy atom. The van der Waals surface area contributed by atoms with E-state index in [9.17, 15) is 13.2 Å². The van der Waals surface area contributed by atoms with Crippen molar-refractivity contribution >= 4 is 45.0 Å². The summed E-state index contributed by atoms with van der Waals surface area (Å²) < 4.78 is 30.1. The van der Waals surface area contributed by atoms with E-state index in [0.29, 0.717) is 38.9 Å². The Labute approximate surface area is 286 Å². The van der Waals surface area contributed by atoms with Crippen LogP contribution in [0.25, 0.3) is 28.1 Å². The molecule has 0 unspecified atom stereocenters. The van der Waals surface area contributed by atoms with Crippen molar-refractivity contribution in [1.82, 2.24) is 14.3 Å². The van der Waals surface area contributed by atoms with Gasteiger partial charge >= 0.3 is 10.2 Å². The Morgan fingerprint density at radius 2 is 1.51 bits per heavy atom. The van der Waals surface area contributed by atoms with Crippen LogP contribution in [0.2, 0.25) is 10.0 Å². The Hall–Kier alpha value is -4.11. The first-order chi connectivity index (χ1) is 22.3. The van der Waals surface area contributed by atoms with Gasteiger partial charge in [0.1, 0.15) is 12.4 Å². The molecular weight excluding hydrogens is 651 g/mol. The van der Waals surface area contributed by atoms with Crippen molar-refractivity contribution in [3.63, 3.8) is 0 Å². The number of anilines is 1. The minimum atomic E-state index is -3.95. The van der Waals surface area contributed by atoms with Gasteiger partial charge < -0.3 is 4.57 Å². The van der Waals surface area contributed by atoms with Gasteiger partial charge in [0.2, 0.25) is 0 Å². The normalized spacial score (nSPS) is 14.4. The highest BCUT2D eigenvalue weighted by Gasteiger charge is 2.34. The van der Waals surface area contributed by atoms with Gasteiger partial charge in [0.05, 0.1) is 16.4 Å². The van der Waals surface area contributed by atoms with Crippen molar-refractivity contribution in [3.05, 3.63) is 124 Å². The molecule has 0 radical (unpaired) electrons. The number of nitrogens with zero attached hydrogens (tertiary/aromatic N) is 3. The summed E-state index contributed by atoms with van der Waals surface area (Å²) in [6.07, 6.45) is 5.84. The summed E-state index contributed by atoms with van der Waals surface area (Å²) in [6.45, 7) is 6.57. The molecular formula is C37H36Cl2N4O3S. The van der Waals surface area contributed by atoms with Gasteiger partial charge in [-0.3, -0.25) is 4.79 Å². The number of amides is 1. The predicted molar refractivity (Wildman–Crippen MR) is 191 cm³/mol. The molecule has 4 aromatic carbocycles. The first kappa shape index (κ1) is 32.8. The SMILES string of the molecule is CC(C)(C)CCCc1ccc(-c2ccc(Cc3nc(-c4ccc(Cl)cc4Cl)cn3-c3cccc(N4CC(=O)NS4(=O)=O)c3)cc2)cc1. The number of benzene rings is 4. The van der Waals surface area contributed by atoms with Crippen LogP contribution in [0.15, 0.2) is 97.2 Å². The van der Waals surface area contributed by atoms with Gasteiger partial charge in [-0.1, -0.05) is 98.6 Å². The summed E-state index contributed by atoms with van der Waals surface area (Å²) in [4.78, 5) is 16.9. The molecule has 1 saturated heterocycles. The highest BCUT2D eigenvalue weighted by molar-refractivity contribution is 7.92. The van der Waals surface area contributed by atoms with Crippen LogP contribution < -0.4 is 9.03 Å². The van der Waals surface area contributed by atoms with E-state index in [1.54, 1.807) is 30.3 Å². The summed E-state index contributed by atoms with van der Waals surface area (Å²) in [5.41, 5.74) is 7.50. The lowest BCUT2D eigenvalue weighted by Crippen LogP contribution is -2.29. The average molecular weight is 688 g/mol. The molecule has 5 aromatic rings. The van der Waals surface area contributed by atoms with Crippen LogP contribution in [-0.2, 0) is 27.8 Å². The number of imidazole rings is 1. The third-order valence-corrected chi connectivity index (χ3v) is 10.2. The lowest BCUT2D eigenvalue weighted by molar-refractivity contribution is -0.117. The molecule has 0 aliphatic carbocycles. The molecule has 242 valence electrons. The highest BCUT2D eigenvalue weighted by atomic mass is 35.5. The number of aryl methyl sites for hydroxylation is 1. The van der Waals surface area contributed by atoms with E-state index >= 15 is 0 Å². The predicted octanol–water partition coefficient (Wildman–Crippen LogP) is 8.65. The van der Waals surface area contributed by atoms with Crippen LogP contribution in [0.4, 0.5) is 5.69 Å². The smallest absolute Gasteiger partial charge is 0.303 e. The number of aromatic nitrogens is 2. The highest BCUT2D eigenvalue weighted by Crippen LogP contribution is 2.33. The number of halogens is 2. The molecule has 1 aliphatic heterocycles. The van der Waals surface area contributed by atoms with Gasteiger partial charge in [0.15, 0.2) is 0 Å². The Kier molecular flexibility index (Phi) is 9.20. The second-order valence-corrected chi connectivity index (χ2v) is 15.5. The lowest BCUT2D eigenvalue weighted by atomic mass is 9.89. The number of hydrogen-bond acceptors (Lipinski definition) is 4. The van der Waals surface area contributed by atoms with Crippen molar-refractivity contribution in [2.45, 2.75) is 46.5 Å². The maximum atomic E-state index is 12.6. The molecule has 1 amide bonds. The molecule has 1 aliphatic rings. The average Bonchev–Trinajstić information content (AvgIpc) is 3.55. The van der Waals surface area contributed by atoms with Crippen molar-refractivity contribution in [1.29, 1.82) is 0 Å². The third-order valence-electron chi connectivity index (χ3n) is 8.20. The van der Waals surface area contributed by atoms with Crippen molar-refractivity contribution in [2.24, 2.45) is 5.41 Å². The molecule has 47 heavy (non-hydrogen) atoms. The van der Waals surface area contributed by atoms with E-state index in [2.05, 4.69) is 69.3 Å². The minimum Gasteiger partial charge on any atom is -0.303 e. The largest absolute Gasteiger partial charge is 0.326 e. The van der Waals surface area contributed by atoms with Gasteiger partial charge in [0.25, 0.3) is 5.91 Å². The molecule has 2 heterocycles. The molecule has 1 N–H and O–H groups in total. The quantitative estimate of drug-likeness (QED) is 0.168. The van der Waals surface area contributed by atoms with Gasteiger partial charge in [-0.15, -0.1) is 0 Å². The molecule has 0 saturated carbocycles. The Bertz CT molecular complexity index is 2030. The van der Waals surface area contributed by atoms with Gasteiger partial charge in [-0.2, -0.15) is 8.42 Å².